The molecule has 1 aliphatic rings. The van der Waals surface area contributed by atoms with E-state index in [1.54, 1.807) is 36.8 Å². The molecule has 0 saturated carbocycles. The van der Waals surface area contributed by atoms with E-state index >= 15 is 0 Å². The summed E-state index contributed by atoms with van der Waals surface area (Å²) in [5.41, 5.74) is 1.52. The number of amides is 1. The first-order valence-electron chi connectivity index (χ1n) is 10.5. The van der Waals surface area contributed by atoms with E-state index in [1.165, 1.54) is 10.9 Å². The number of anilines is 2. The largest absolute Gasteiger partial charge is 0.337 e. The standard InChI is InChI=1S/C21H22F2N8OS/c1-11-5-4-7-30(11)21-26-15-9-13(6-8-31(15)28-21)25-19(32)17-14(10-24-29(17)3)20-27-16(18(22)23)12(2)33-20/h6,8-11,18H,4-5,7H2,1-3H3,(H,25,32). The summed E-state index contributed by atoms with van der Waals surface area (Å²) in [5.74, 6) is 0.250. The second-order valence-electron chi connectivity index (χ2n) is 8.06. The first-order valence-corrected chi connectivity index (χ1v) is 11.4. The third-order valence-electron chi connectivity index (χ3n) is 5.82. The number of hydrogen-bond acceptors (Lipinski definition) is 7. The van der Waals surface area contributed by atoms with Gasteiger partial charge in [-0.05, 0) is 32.8 Å². The first-order chi connectivity index (χ1) is 15.8. The predicted octanol–water partition coefficient (Wildman–Crippen LogP) is 4.07. The van der Waals surface area contributed by atoms with Crippen molar-refractivity contribution in [2.45, 2.75) is 39.2 Å². The maximum Gasteiger partial charge on any atom is 0.281 e. The van der Waals surface area contributed by atoms with Gasteiger partial charge in [0.15, 0.2) is 5.65 Å². The molecule has 0 bridgehead atoms. The van der Waals surface area contributed by atoms with Crippen molar-refractivity contribution in [1.29, 1.82) is 0 Å². The van der Waals surface area contributed by atoms with E-state index < -0.39 is 12.3 Å². The van der Waals surface area contributed by atoms with Crippen LogP contribution < -0.4 is 10.2 Å². The highest BCUT2D eigenvalue weighted by atomic mass is 32.1. The third-order valence-corrected chi connectivity index (χ3v) is 6.84. The highest BCUT2D eigenvalue weighted by Gasteiger charge is 2.25. The van der Waals surface area contributed by atoms with Crippen LogP contribution in [0.5, 0.6) is 0 Å². The number of pyridine rings is 1. The summed E-state index contributed by atoms with van der Waals surface area (Å²) in [5, 5.41) is 11.9. The van der Waals surface area contributed by atoms with Crippen LogP contribution in [-0.2, 0) is 7.05 Å². The number of carbonyl (C=O) groups is 1. The molecule has 0 aliphatic carbocycles. The van der Waals surface area contributed by atoms with Crippen LogP contribution in [-0.4, -0.2) is 47.9 Å². The fourth-order valence-electron chi connectivity index (χ4n) is 4.08. The molecule has 1 N–H and O–H groups in total. The Morgan fingerprint density at radius 3 is 2.85 bits per heavy atom. The van der Waals surface area contributed by atoms with Crippen molar-refractivity contribution in [3.63, 3.8) is 0 Å². The molecular weight excluding hydrogens is 450 g/mol. The van der Waals surface area contributed by atoms with Crippen LogP contribution in [0.25, 0.3) is 16.2 Å². The van der Waals surface area contributed by atoms with Crippen LogP contribution in [0.1, 0.15) is 47.3 Å². The molecule has 4 aromatic heterocycles. The second-order valence-corrected chi connectivity index (χ2v) is 9.26. The summed E-state index contributed by atoms with van der Waals surface area (Å²) in [4.78, 5) is 24.4. The van der Waals surface area contributed by atoms with E-state index in [4.69, 9.17) is 0 Å². The van der Waals surface area contributed by atoms with Gasteiger partial charge in [0, 0.05) is 42.5 Å². The number of rotatable bonds is 5. The minimum Gasteiger partial charge on any atom is -0.337 e. The van der Waals surface area contributed by atoms with Crippen LogP contribution in [0.15, 0.2) is 24.5 Å². The quantitative estimate of drug-likeness (QED) is 0.471. The Kier molecular flexibility index (Phi) is 5.31. The number of aromatic nitrogens is 6. The molecule has 0 radical (unpaired) electrons. The lowest BCUT2D eigenvalue weighted by molar-refractivity contribution is 0.101. The molecule has 172 valence electrons. The maximum absolute atomic E-state index is 13.2. The Labute approximate surface area is 192 Å². The zero-order chi connectivity index (χ0) is 23.3. The highest BCUT2D eigenvalue weighted by molar-refractivity contribution is 7.15. The lowest BCUT2D eigenvalue weighted by Crippen LogP contribution is -2.27. The summed E-state index contributed by atoms with van der Waals surface area (Å²) >= 11 is 1.11. The second kappa shape index (κ2) is 8.18. The van der Waals surface area contributed by atoms with Crippen LogP contribution in [0.4, 0.5) is 20.4 Å². The SMILES string of the molecule is Cc1sc(-c2cnn(C)c2C(=O)Nc2ccn3nc(N4CCCC4C)nc3c2)nc1C(F)F. The number of hydrogen-bond donors (Lipinski definition) is 1. The van der Waals surface area contributed by atoms with Crippen molar-refractivity contribution in [3.8, 4) is 10.6 Å². The third kappa shape index (κ3) is 3.84. The van der Waals surface area contributed by atoms with Crippen LogP contribution in [0.3, 0.4) is 0 Å². The van der Waals surface area contributed by atoms with E-state index in [9.17, 15) is 13.6 Å². The maximum atomic E-state index is 13.2. The number of halogens is 2. The molecule has 5 rings (SSSR count). The Balaban J connectivity index is 1.42. The van der Waals surface area contributed by atoms with Gasteiger partial charge in [-0.2, -0.15) is 10.1 Å². The van der Waals surface area contributed by atoms with Gasteiger partial charge in [0.25, 0.3) is 12.3 Å². The normalized spacial score (nSPS) is 16.3. The van der Waals surface area contributed by atoms with Gasteiger partial charge in [0.1, 0.15) is 16.4 Å². The fraction of sp³-hybridized carbons (Fsp3) is 0.381. The molecule has 5 heterocycles. The van der Waals surface area contributed by atoms with Crippen LogP contribution in [0.2, 0.25) is 0 Å². The number of aryl methyl sites for hydroxylation is 2. The van der Waals surface area contributed by atoms with Crippen molar-refractivity contribution in [3.05, 3.63) is 40.8 Å². The topological polar surface area (TPSA) is 93.2 Å². The zero-order valence-electron chi connectivity index (χ0n) is 18.3. The van der Waals surface area contributed by atoms with E-state index in [0.29, 0.717) is 38.8 Å². The Morgan fingerprint density at radius 1 is 1.33 bits per heavy atom. The van der Waals surface area contributed by atoms with E-state index in [2.05, 4.69) is 37.3 Å². The average molecular weight is 473 g/mol. The van der Waals surface area contributed by atoms with Crippen molar-refractivity contribution in [2.75, 3.05) is 16.8 Å². The Morgan fingerprint density at radius 2 is 2.15 bits per heavy atom. The highest BCUT2D eigenvalue weighted by Crippen LogP contribution is 2.34. The van der Waals surface area contributed by atoms with Crippen LogP contribution >= 0.6 is 11.3 Å². The Hall–Kier alpha value is -3.41. The summed E-state index contributed by atoms with van der Waals surface area (Å²) in [6, 6.07) is 3.87. The molecular formula is C21H22F2N8OS. The van der Waals surface area contributed by atoms with Gasteiger partial charge in [-0.25, -0.2) is 18.3 Å². The molecule has 1 saturated heterocycles. The summed E-state index contributed by atoms with van der Waals surface area (Å²) < 4.78 is 29.5. The van der Waals surface area contributed by atoms with Gasteiger partial charge >= 0.3 is 0 Å². The van der Waals surface area contributed by atoms with Gasteiger partial charge < -0.3 is 10.2 Å². The van der Waals surface area contributed by atoms with Crippen molar-refractivity contribution >= 4 is 34.5 Å². The van der Waals surface area contributed by atoms with Gasteiger partial charge in [0.2, 0.25) is 5.95 Å². The zero-order valence-corrected chi connectivity index (χ0v) is 19.1. The molecule has 1 unspecified atom stereocenters. The molecule has 1 aliphatic heterocycles. The lowest BCUT2D eigenvalue weighted by atomic mass is 10.2. The van der Waals surface area contributed by atoms with E-state index in [0.717, 1.165) is 30.7 Å². The van der Waals surface area contributed by atoms with E-state index in [1.807, 2.05) is 0 Å². The smallest absolute Gasteiger partial charge is 0.281 e. The Bertz CT molecular complexity index is 1340. The molecule has 4 aromatic rings. The van der Waals surface area contributed by atoms with Crippen molar-refractivity contribution in [1.82, 2.24) is 29.4 Å². The number of nitrogens with one attached hydrogen (secondary N) is 1. The van der Waals surface area contributed by atoms with Gasteiger partial charge in [-0.3, -0.25) is 9.48 Å². The van der Waals surface area contributed by atoms with Gasteiger partial charge in [-0.15, -0.1) is 16.4 Å². The number of nitrogens with zero attached hydrogens (tertiary/aromatic N) is 7. The average Bonchev–Trinajstić information content (AvgIpc) is 3.53. The molecule has 0 spiro atoms. The molecule has 1 fully saturated rings. The predicted molar refractivity (Wildman–Crippen MR) is 121 cm³/mol. The summed E-state index contributed by atoms with van der Waals surface area (Å²) in [7, 11) is 1.62. The molecule has 0 aromatic carbocycles. The minimum atomic E-state index is -2.67. The number of carbonyl (C=O) groups excluding carboxylic acids is 1. The molecule has 33 heavy (non-hydrogen) atoms. The lowest BCUT2D eigenvalue weighted by Gasteiger charge is -2.18. The van der Waals surface area contributed by atoms with E-state index in [-0.39, 0.29) is 11.4 Å². The summed E-state index contributed by atoms with van der Waals surface area (Å²) in [6.45, 7) is 4.67. The number of fused-ring (bicyclic) bond motifs is 1. The van der Waals surface area contributed by atoms with Gasteiger partial charge in [-0.1, -0.05) is 0 Å². The number of alkyl halides is 2. The molecule has 12 heteroatoms. The first kappa shape index (κ1) is 21.4. The fourth-order valence-corrected chi connectivity index (χ4v) is 5.01. The minimum absolute atomic E-state index is 0.234. The number of thiazole rings is 1. The molecule has 1 amide bonds. The monoisotopic (exact) mass is 472 g/mol. The molecule has 9 nitrogen and oxygen atoms in total. The molecule has 1 atom stereocenters. The van der Waals surface area contributed by atoms with Gasteiger partial charge in [0.05, 0.1) is 11.8 Å². The van der Waals surface area contributed by atoms with Crippen molar-refractivity contribution in [2.24, 2.45) is 7.05 Å². The van der Waals surface area contributed by atoms with Crippen LogP contribution in [0, 0.1) is 6.92 Å². The van der Waals surface area contributed by atoms with Crippen molar-refractivity contribution < 1.29 is 13.6 Å². The summed E-state index contributed by atoms with van der Waals surface area (Å²) in [6.07, 6.45) is 2.76.